The molecule has 8 heteroatoms. The molecule has 3 amide bonds. The Hall–Kier alpha value is -2.32. The van der Waals surface area contributed by atoms with Crippen LogP contribution in [0.2, 0.25) is 0 Å². The third-order valence-electron chi connectivity index (χ3n) is 7.28. The molecule has 3 atom stereocenters. The van der Waals surface area contributed by atoms with Gasteiger partial charge in [0.1, 0.15) is 0 Å². The van der Waals surface area contributed by atoms with Gasteiger partial charge in [-0.2, -0.15) is 0 Å². The Kier molecular flexibility index (Phi) is 11.6. The number of carbonyl (C=O) groups excluding carboxylic acids is 2. The summed E-state index contributed by atoms with van der Waals surface area (Å²) in [4.78, 5) is 26.6. The van der Waals surface area contributed by atoms with Gasteiger partial charge in [0.15, 0.2) is 0 Å². The van der Waals surface area contributed by atoms with Crippen molar-refractivity contribution in [3.63, 3.8) is 0 Å². The monoisotopic (exact) mass is 488 g/mol. The number of rotatable bonds is 11. The lowest BCUT2D eigenvalue weighted by Crippen LogP contribution is -2.52. The largest absolute Gasteiger partial charge is 0.453 e. The predicted octanol–water partition coefficient (Wildman–Crippen LogP) is 4.08. The van der Waals surface area contributed by atoms with Crippen molar-refractivity contribution in [2.45, 2.75) is 63.5 Å². The van der Waals surface area contributed by atoms with Crippen molar-refractivity contribution in [1.29, 1.82) is 0 Å². The van der Waals surface area contributed by atoms with Crippen molar-refractivity contribution < 1.29 is 19.1 Å². The second-order valence-electron chi connectivity index (χ2n) is 9.91. The van der Waals surface area contributed by atoms with Crippen LogP contribution in [0.15, 0.2) is 30.3 Å². The van der Waals surface area contributed by atoms with Crippen molar-refractivity contribution in [3.05, 3.63) is 35.9 Å². The van der Waals surface area contributed by atoms with Crippen molar-refractivity contribution in [2.24, 2.45) is 11.8 Å². The van der Waals surface area contributed by atoms with E-state index in [2.05, 4.69) is 32.8 Å². The smallest absolute Gasteiger partial charge is 0.406 e. The van der Waals surface area contributed by atoms with Crippen molar-refractivity contribution in [3.8, 4) is 0 Å². The van der Waals surface area contributed by atoms with E-state index < -0.39 is 6.09 Å². The van der Waals surface area contributed by atoms with Gasteiger partial charge < -0.3 is 30.3 Å². The van der Waals surface area contributed by atoms with E-state index in [1.54, 1.807) is 0 Å². The Labute approximate surface area is 210 Å². The van der Waals surface area contributed by atoms with Crippen LogP contribution in [-0.4, -0.2) is 70.0 Å². The number of ether oxygens (including phenoxy) is 2. The number of alkyl carbamates (subject to hydrolysis) is 1. The topological polar surface area (TPSA) is 91.9 Å². The highest BCUT2D eigenvalue weighted by Gasteiger charge is 2.32. The van der Waals surface area contributed by atoms with E-state index >= 15 is 0 Å². The van der Waals surface area contributed by atoms with Crippen LogP contribution < -0.4 is 16.0 Å². The molecular formula is C27H44N4O4. The van der Waals surface area contributed by atoms with Gasteiger partial charge in [0.05, 0.1) is 19.8 Å². The first-order valence-electron chi connectivity index (χ1n) is 13.3. The third kappa shape index (κ3) is 9.00. The third-order valence-corrected chi connectivity index (χ3v) is 7.28. The van der Waals surface area contributed by atoms with Crippen molar-refractivity contribution in [2.75, 3.05) is 46.9 Å². The normalized spacial score (nSPS) is 20.6. The Morgan fingerprint density at radius 2 is 1.86 bits per heavy atom. The van der Waals surface area contributed by atoms with Gasteiger partial charge >= 0.3 is 12.1 Å². The number of piperidine rings is 1. The van der Waals surface area contributed by atoms with Gasteiger partial charge in [-0.05, 0) is 37.8 Å². The maximum Gasteiger partial charge on any atom is 0.406 e. The fraction of sp³-hybridized carbons (Fsp3) is 0.704. The van der Waals surface area contributed by atoms with E-state index in [9.17, 15) is 9.59 Å². The first-order chi connectivity index (χ1) is 17.1. The SMILES string of the molecule is CNC[C@H](CC1CCCCC1)NC(=O)N1CCC[C@@H](C(OCCNC(=O)OC)c2ccccc2)C1. The first-order valence-corrected chi connectivity index (χ1v) is 13.3. The van der Waals surface area contributed by atoms with Crippen LogP contribution in [0.4, 0.5) is 9.59 Å². The predicted molar refractivity (Wildman–Crippen MR) is 137 cm³/mol. The average Bonchev–Trinajstić information content (AvgIpc) is 2.89. The molecular weight excluding hydrogens is 444 g/mol. The molecule has 0 bridgehead atoms. The van der Waals surface area contributed by atoms with E-state index in [0.717, 1.165) is 37.9 Å². The molecule has 1 aromatic rings. The van der Waals surface area contributed by atoms with Crippen LogP contribution in [0.3, 0.4) is 0 Å². The summed E-state index contributed by atoms with van der Waals surface area (Å²) >= 11 is 0. The molecule has 1 aliphatic carbocycles. The first kappa shape index (κ1) is 27.3. The van der Waals surface area contributed by atoms with Crippen LogP contribution in [-0.2, 0) is 9.47 Å². The van der Waals surface area contributed by atoms with Gasteiger partial charge in [0, 0.05) is 38.1 Å². The molecule has 2 aliphatic rings. The number of methoxy groups -OCH3 is 1. The molecule has 1 aliphatic heterocycles. The molecule has 8 nitrogen and oxygen atoms in total. The van der Waals surface area contributed by atoms with Gasteiger partial charge in [-0.25, -0.2) is 9.59 Å². The molecule has 1 unspecified atom stereocenters. The van der Waals surface area contributed by atoms with E-state index in [0.29, 0.717) is 25.6 Å². The van der Waals surface area contributed by atoms with Gasteiger partial charge in [0.25, 0.3) is 0 Å². The summed E-state index contributed by atoms with van der Waals surface area (Å²) < 4.78 is 10.9. The zero-order valence-corrected chi connectivity index (χ0v) is 21.5. The minimum Gasteiger partial charge on any atom is -0.453 e. The quantitative estimate of drug-likeness (QED) is 0.408. The van der Waals surface area contributed by atoms with Crippen LogP contribution in [0, 0.1) is 11.8 Å². The Morgan fingerprint density at radius 1 is 1.09 bits per heavy atom. The van der Waals surface area contributed by atoms with Gasteiger partial charge in [0.2, 0.25) is 0 Å². The van der Waals surface area contributed by atoms with Crippen molar-refractivity contribution >= 4 is 12.1 Å². The summed E-state index contributed by atoms with van der Waals surface area (Å²) in [6.45, 7) is 2.97. The second kappa shape index (κ2) is 14.9. The molecule has 0 radical (unpaired) electrons. The number of hydrogen-bond acceptors (Lipinski definition) is 5. The number of nitrogens with zero attached hydrogens (tertiary/aromatic N) is 1. The Bertz CT molecular complexity index is 757. The van der Waals surface area contributed by atoms with Crippen LogP contribution in [0.5, 0.6) is 0 Å². The van der Waals surface area contributed by atoms with E-state index in [-0.39, 0.29) is 24.1 Å². The van der Waals surface area contributed by atoms with Gasteiger partial charge in [-0.15, -0.1) is 0 Å². The summed E-state index contributed by atoms with van der Waals surface area (Å²) in [6.07, 6.45) is 8.93. The molecule has 196 valence electrons. The zero-order chi connectivity index (χ0) is 24.9. The van der Waals surface area contributed by atoms with Crippen molar-refractivity contribution in [1.82, 2.24) is 20.9 Å². The molecule has 3 N–H and O–H groups in total. The molecule has 2 fully saturated rings. The Balaban J connectivity index is 1.59. The fourth-order valence-electron chi connectivity index (χ4n) is 5.53. The van der Waals surface area contributed by atoms with Gasteiger partial charge in [-0.1, -0.05) is 62.4 Å². The van der Waals surface area contributed by atoms with E-state index in [1.165, 1.54) is 39.2 Å². The number of likely N-dealkylation sites (N-methyl/N-ethyl adjacent to an activating group) is 1. The summed E-state index contributed by atoms with van der Waals surface area (Å²) in [5.41, 5.74) is 1.10. The fourth-order valence-corrected chi connectivity index (χ4v) is 5.53. The minimum atomic E-state index is -0.463. The molecule has 35 heavy (non-hydrogen) atoms. The maximum absolute atomic E-state index is 13.3. The number of urea groups is 1. The lowest BCUT2D eigenvalue weighted by Gasteiger charge is -2.38. The summed E-state index contributed by atoms with van der Waals surface area (Å²) in [5.74, 6) is 0.905. The molecule has 0 spiro atoms. The average molecular weight is 489 g/mol. The number of carbonyl (C=O) groups is 2. The van der Waals surface area contributed by atoms with Gasteiger partial charge in [-0.3, -0.25) is 0 Å². The lowest BCUT2D eigenvalue weighted by atomic mass is 9.85. The Morgan fingerprint density at radius 3 is 2.57 bits per heavy atom. The number of nitrogens with one attached hydrogen (secondary N) is 3. The lowest BCUT2D eigenvalue weighted by molar-refractivity contribution is -0.00865. The molecule has 1 aromatic carbocycles. The summed E-state index contributed by atoms with van der Waals surface area (Å²) in [6, 6.07) is 10.4. The minimum absolute atomic E-state index is 0.0323. The molecule has 0 aromatic heterocycles. The summed E-state index contributed by atoms with van der Waals surface area (Å²) in [7, 11) is 3.30. The number of amides is 3. The number of likely N-dealkylation sites (tertiary alicyclic amines) is 1. The number of hydrogen-bond donors (Lipinski definition) is 3. The van der Waals surface area contributed by atoms with Crippen LogP contribution in [0.1, 0.15) is 63.0 Å². The highest BCUT2D eigenvalue weighted by atomic mass is 16.5. The zero-order valence-electron chi connectivity index (χ0n) is 21.5. The highest BCUT2D eigenvalue weighted by Crippen LogP contribution is 2.33. The van der Waals surface area contributed by atoms with E-state index in [1.807, 2.05) is 30.1 Å². The molecule has 1 heterocycles. The number of benzene rings is 1. The second-order valence-corrected chi connectivity index (χ2v) is 9.91. The van der Waals surface area contributed by atoms with Crippen LogP contribution in [0.25, 0.3) is 0 Å². The maximum atomic E-state index is 13.3. The highest BCUT2D eigenvalue weighted by molar-refractivity contribution is 5.74. The van der Waals surface area contributed by atoms with Crippen LogP contribution >= 0.6 is 0 Å². The molecule has 3 rings (SSSR count). The standard InChI is InChI=1S/C27H44N4O4/c1-28-19-24(18-21-10-5-3-6-11-21)30-26(32)31-16-9-14-23(20-31)25(22-12-7-4-8-13-22)35-17-15-29-27(33)34-2/h4,7-8,12-13,21,23-25,28H,3,5-6,9-11,14-20H2,1-2H3,(H,29,33)(H,30,32)/t23-,24+,25?/m1/s1. The summed E-state index contributed by atoms with van der Waals surface area (Å²) in [5, 5.41) is 9.26. The van der Waals surface area contributed by atoms with E-state index in [4.69, 9.17) is 4.74 Å². The molecule has 1 saturated carbocycles. The molecule has 1 saturated heterocycles.